The number of aryl methyl sites for hydroxylation is 1. The molecule has 5 heteroatoms. The monoisotopic (exact) mass is 372 g/mol. The Morgan fingerprint density at radius 3 is 2.78 bits per heavy atom. The van der Waals surface area contributed by atoms with Crippen LogP contribution in [0.25, 0.3) is 0 Å². The molecule has 1 aromatic carbocycles. The van der Waals surface area contributed by atoms with Crippen molar-refractivity contribution >= 4 is 37.7 Å². The van der Waals surface area contributed by atoms with E-state index in [-0.39, 0.29) is 5.82 Å². The van der Waals surface area contributed by atoms with E-state index in [1.54, 1.807) is 12.3 Å². The van der Waals surface area contributed by atoms with Gasteiger partial charge in [0.2, 0.25) is 0 Å². The fourth-order valence-corrected chi connectivity index (χ4v) is 2.42. The van der Waals surface area contributed by atoms with E-state index < -0.39 is 0 Å². The molecule has 0 aliphatic heterocycles. The lowest BCUT2D eigenvalue weighted by Gasteiger charge is -2.10. The van der Waals surface area contributed by atoms with Crippen molar-refractivity contribution in [2.45, 2.75) is 13.5 Å². The highest BCUT2D eigenvalue weighted by atomic mass is 79.9. The minimum Gasteiger partial charge on any atom is -0.366 e. The Morgan fingerprint density at radius 1 is 1.28 bits per heavy atom. The second-order valence-corrected chi connectivity index (χ2v) is 5.68. The number of aromatic nitrogens is 1. The Morgan fingerprint density at radius 2 is 2.06 bits per heavy atom. The van der Waals surface area contributed by atoms with Crippen molar-refractivity contribution in [1.29, 1.82) is 0 Å². The zero-order valence-corrected chi connectivity index (χ0v) is 12.8. The average molecular weight is 374 g/mol. The highest BCUT2D eigenvalue weighted by Crippen LogP contribution is 2.21. The lowest BCUT2D eigenvalue weighted by atomic mass is 10.2. The molecule has 0 unspecified atom stereocenters. The smallest absolute Gasteiger partial charge is 0.129 e. The fraction of sp³-hybridized carbons (Fsp3) is 0.154. The largest absolute Gasteiger partial charge is 0.366 e. The van der Waals surface area contributed by atoms with Crippen LogP contribution in [0.5, 0.6) is 0 Å². The second kappa shape index (κ2) is 5.80. The van der Waals surface area contributed by atoms with Crippen LogP contribution in [0, 0.1) is 12.7 Å². The SMILES string of the molecule is Cc1cc(Br)cnc1NCc1cc(F)ccc1Br. The third kappa shape index (κ3) is 3.29. The molecular weight excluding hydrogens is 363 g/mol. The first-order valence-corrected chi connectivity index (χ1v) is 6.95. The summed E-state index contributed by atoms with van der Waals surface area (Å²) in [6.07, 6.45) is 1.73. The molecule has 1 N–H and O–H groups in total. The van der Waals surface area contributed by atoms with Crippen LogP contribution in [-0.2, 0) is 6.54 Å². The number of rotatable bonds is 3. The maximum absolute atomic E-state index is 13.1. The molecule has 0 radical (unpaired) electrons. The van der Waals surface area contributed by atoms with Gasteiger partial charge < -0.3 is 5.32 Å². The minimum atomic E-state index is -0.240. The summed E-state index contributed by atoms with van der Waals surface area (Å²) < 4.78 is 15.0. The molecule has 18 heavy (non-hydrogen) atoms. The predicted octanol–water partition coefficient (Wildman–Crippen LogP) is 4.67. The van der Waals surface area contributed by atoms with Gasteiger partial charge in [0.05, 0.1) is 0 Å². The standard InChI is InChI=1S/C13H11Br2FN2/c1-8-4-10(14)7-18-13(8)17-6-9-5-11(16)2-3-12(9)15/h2-5,7H,6H2,1H3,(H,17,18). The quantitative estimate of drug-likeness (QED) is 0.845. The van der Waals surface area contributed by atoms with Gasteiger partial charge in [-0.25, -0.2) is 9.37 Å². The van der Waals surface area contributed by atoms with Gasteiger partial charge in [-0.1, -0.05) is 15.9 Å². The number of benzene rings is 1. The van der Waals surface area contributed by atoms with Crippen LogP contribution in [0.4, 0.5) is 10.2 Å². The minimum absolute atomic E-state index is 0.240. The summed E-state index contributed by atoms with van der Waals surface area (Å²) in [5, 5.41) is 3.20. The van der Waals surface area contributed by atoms with E-state index in [1.165, 1.54) is 12.1 Å². The summed E-state index contributed by atoms with van der Waals surface area (Å²) in [5.41, 5.74) is 1.90. The molecule has 94 valence electrons. The number of pyridine rings is 1. The molecule has 2 rings (SSSR count). The summed E-state index contributed by atoms with van der Waals surface area (Å²) in [4.78, 5) is 4.28. The summed E-state index contributed by atoms with van der Waals surface area (Å²) >= 11 is 6.77. The number of nitrogens with zero attached hydrogens (tertiary/aromatic N) is 1. The van der Waals surface area contributed by atoms with E-state index in [1.807, 2.05) is 13.0 Å². The van der Waals surface area contributed by atoms with Crippen molar-refractivity contribution in [3.05, 3.63) is 56.4 Å². The van der Waals surface area contributed by atoms with E-state index in [2.05, 4.69) is 42.2 Å². The van der Waals surface area contributed by atoms with Crippen LogP contribution < -0.4 is 5.32 Å². The molecule has 0 aliphatic rings. The molecule has 0 atom stereocenters. The Bertz CT molecular complexity index is 573. The van der Waals surface area contributed by atoms with Crippen LogP contribution in [-0.4, -0.2) is 4.98 Å². The van der Waals surface area contributed by atoms with E-state index >= 15 is 0 Å². The molecule has 2 nitrogen and oxygen atoms in total. The zero-order valence-electron chi connectivity index (χ0n) is 9.67. The highest BCUT2D eigenvalue weighted by molar-refractivity contribution is 9.10. The van der Waals surface area contributed by atoms with Crippen LogP contribution in [0.15, 0.2) is 39.4 Å². The van der Waals surface area contributed by atoms with Gasteiger partial charge in [0, 0.05) is 21.7 Å². The van der Waals surface area contributed by atoms with E-state index in [4.69, 9.17) is 0 Å². The van der Waals surface area contributed by atoms with Gasteiger partial charge >= 0.3 is 0 Å². The lowest BCUT2D eigenvalue weighted by molar-refractivity contribution is 0.625. The van der Waals surface area contributed by atoms with Gasteiger partial charge in [0.25, 0.3) is 0 Å². The number of hydrogen-bond acceptors (Lipinski definition) is 2. The molecule has 0 aliphatic carbocycles. The van der Waals surface area contributed by atoms with Gasteiger partial charge in [-0.15, -0.1) is 0 Å². The van der Waals surface area contributed by atoms with Crippen LogP contribution in [0.2, 0.25) is 0 Å². The summed E-state index contributed by atoms with van der Waals surface area (Å²) in [6, 6.07) is 6.62. The third-order valence-electron chi connectivity index (χ3n) is 2.50. The summed E-state index contributed by atoms with van der Waals surface area (Å²) in [7, 11) is 0. The predicted molar refractivity (Wildman–Crippen MR) is 78.1 cm³/mol. The van der Waals surface area contributed by atoms with Crippen LogP contribution in [0.3, 0.4) is 0 Å². The molecule has 1 heterocycles. The molecule has 0 bridgehead atoms. The maximum Gasteiger partial charge on any atom is 0.129 e. The first kappa shape index (κ1) is 13.5. The molecular formula is C13H11Br2FN2. The Labute approximate surface area is 122 Å². The van der Waals surface area contributed by atoms with Gasteiger partial charge in [-0.2, -0.15) is 0 Å². The normalized spacial score (nSPS) is 10.4. The van der Waals surface area contributed by atoms with Crippen molar-refractivity contribution in [3.8, 4) is 0 Å². The topological polar surface area (TPSA) is 24.9 Å². The molecule has 0 saturated heterocycles. The molecule has 0 spiro atoms. The van der Waals surface area contributed by atoms with Gasteiger partial charge in [-0.3, -0.25) is 0 Å². The maximum atomic E-state index is 13.1. The zero-order chi connectivity index (χ0) is 13.1. The van der Waals surface area contributed by atoms with Crippen molar-refractivity contribution in [2.24, 2.45) is 0 Å². The van der Waals surface area contributed by atoms with Crippen LogP contribution in [0.1, 0.15) is 11.1 Å². The van der Waals surface area contributed by atoms with Crippen molar-refractivity contribution < 1.29 is 4.39 Å². The third-order valence-corrected chi connectivity index (χ3v) is 3.71. The summed E-state index contributed by atoms with van der Waals surface area (Å²) in [5.74, 6) is 0.560. The van der Waals surface area contributed by atoms with E-state index in [0.717, 1.165) is 25.9 Å². The first-order chi connectivity index (χ1) is 8.56. The lowest BCUT2D eigenvalue weighted by Crippen LogP contribution is -2.04. The van der Waals surface area contributed by atoms with E-state index in [0.29, 0.717) is 6.54 Å². The molecule has 1 aromatic heterocycles. The Kier molecular flexibility index (Phi) is 4.35. The Balaban J connectivity index is 2.13. The molecule has 2 aromatic rings. The average Bonchev–Trinajstić information content (AvgIpc) is 2.32. The van der Waals surface area contributed by atoms with Gasteiger partial charge in [-0.05, 0) is 58.2 Å². The Hall–Kier alpha value is -0.940. The molecule has 0 amide bonds. The number of halogens is 3. The van der Waals surface area contributed by atoms with Crippen molar-refractivity contribution in [3.63, 3.8) is 0 Å². The summed E-state index contributed by atoms with van der Waals surface area (Å²) in [6.45, 7) is 2.49. The fourth-order valence-electron chi connectivity index (χ4n) is 1.58. The highest BCUT2D eigenvalue weighted by Gasteiger charge is 2.04. The van der Waals surface area contributed by atoms with Crippen molar-refractivity contribution in [1.82, 2.24) is 4.98 Å². The van der Waals surface area contributed by atoms with E-state index in [9.17, 15) is 4.39 Å². The number of nitrogens with one attached hydrogen (secondary N) is 1. The molecule has 0 saturated carbocycles. The number of anilines is 1. The van der Waals surface area contributed by atoms with Crippen molar-refractivity contribution in [2.75, 3.05) is 5.32 Å². The van der Waals surface area contributed by atoms with Gasteiger partial charge in [0.15, 0.2) is 0 Å². The number of hydrogen-bond donors (Lipinski definition) is 1. The van der Waals surface area contributed by atoms with Gasteiger partial charge in [0.1, 0.15) is 11.6 Å². The molecule has 0 fully saturated rings. The van der Waals surface area contributed by atoms with Crippen LogP contribution >= 0.6 is 31.9 Å². The second-order valence-electron chi connectivity index (χ2n) is 3.91. The first-order valence-electron chi connectivity index (χ1n) is 5.36.